The Morgan fingerprint density at radius 1 is 1.20 bits per heavy atom. The maximum Gasteiger partial charge on any atom is 0.247 e. The van der Waals surface area contributed by atoms with Crippen LogP contribution >= 0.6 is 0 Å². The maximum absolute atomic E-state index is 12.6. The lowest BCUT2D eigenvalue weighted by atomic mass is 9.83. The molecule has 2 heterocycles. The van der Waals surface area contributed by atoms with E-state index in [1.807, 2.05) is 37.3 Å². The average Bonchev–Trinajstić information content (AvgIpc) is 2.78. The van der Waals surface area contributed by atoms with Crippen molar-refractivity contribution in [1.29, 1.82) is 0 Å². The summed E-state index contributed by atoms with van der Waals surface area (Å²) in [5.41, 5.74) is 9.97. The number of carbonyl (C=O) groups excluding carboxylic acids is 2. The molecule has 2 saturated heterocycles. The molecule has 6 heteroatoms. The molecule has 0 aromatic heterocycles. The number of rotatable bonds is 2. The fourth-order valence-electron chi connectivity index (χ4n) is 2.99. The number of ketones is 1. The van der Waals surface area contributed by atoms with Gasteiger partial charge in [0.2, 0.25) is 5.91 Å². The van der Waals surface area contributed by atoms with Crippen LogP contribution in [0.2, 0.25) is 0 Å². The van der Waals surface area contributed by atoms with E-state index in [1.54, 1.807) is 5.01 Å². The third-order valence-electron chi connectivity index (χ3n) is 4.07. The normalized spacial score (nSPS) is 33.1. The standard InChI is InChI=1S/C14H18N4O2/c1-8-11-13(16-15-12(8)9(2)19)17-18(14(11)20)10-6-4-3-5-7-10/h3-8,11-13,15-17H,1-2H3. The van der Waals surface area contributed by atoms with Gasteiger partial charge in [-0.05, 0) is 25.0 Å². The minimum absolute atomic E-state index is 0.00560. The van der Waals surface area contributed by atoms with Crippen molar-refractivity contribution in [2.75, 3.05) is 5.01 Å². The molecule has 0 spiro atoms. The molecular formula is C14H18N4O2. The molecule has 0 bridgehead atoms. The van der Waals surface area contributed by atoms with Crippen molar-refractivity contribution in [3.63, 3.8) is 0 Å². The molecule has 2 aliphatic rings. The summed E-state index contributed by atoms with van der Waals surface area (Å²) in [6, 6.07) is 9.11. The third-order valence-corrected chi connectivity index (χ3v) is 4.07. The van der Waals surface area contributed by atoms with Crippen LogP contribution in [0.15, 0.2) is 30.3 Å². The first-order valence-electron chi connectivity index (χ1n) is 6.76. The van der Waals surface area contributed by atoms with Crippen molar-refractivity contribution >= 4 is 17.4 Å². The molecule has 2 aliphatic heterocycles. The molecule has 106 valence electrons. The second-order valence-electron chi connectivity index (χ2n) is 5.38. The topological polar surface area (TPSA) is 73.5 Å². The summed E-state index contributed by atoms with van der Waals surface area (Å²) in [7, 11) is 0. The third kappa shape index (κ3) is 2.02. The van der Waals surface area contributed by atoms with Crippen LogP contribution in [0.3, 0.4) is 0 Å². The molecule has 3 N–H and O–H groups in total. The minimum atomic E-state index is -0.335. The van der Waals surface area contributed by atoms with Crippen molar-refractivity contribution in [3.8, 4) is 0 Å². The molecule has 3 rings (SSSR count). The second kappa shape index (κ2) is 4.97. The highest BCUT2D eigenvalue weighted by Gasteiger charge is 2.49. The molecule has 4 unspecified atom stereocenters. The molecule has 2 fully saturated rings. The lowest BCUT2D eigenvalue weighted by Gasteiger charge is -2.35. The molecule has 1 aromatic rings. The number of hydrazine groups is 2. The summed E-state index contributed by atoms with van der Waals surface area (Å²) in [5.74, 6) is -0.291. The molecule has 1 amide bonds. The number of anilines is 1. The Bertz CT molecular complexity index is 533. The Labute approximate surface area is 117 Å². The van der Waals surface area contributed by atoms with Gasteiger partial charge in [0, 0.05) is 0 Å². The SMILES string of the molecule is CC(=O)C1NNC2NN(c3ccccc3)C(=O)C2C1C. The summed E-state index contributed by atoms with van der Waals surface area (Å²) in [6.07, 6.45) is -0.201. The van der Waals surface area contributed by atoms with Crippen LogP contribution in [0, 0.1) is 11.8 Å². The van der Waals surface area contributed by atoms with E-state index in [0.29, 0.717) is 0 Å². The van der Waals surface area contributed by atoms with Crippen molar-refractivity contribution < 1.29 is 9.59 Å². The van der Waals surface area contributed by atoms with Crippen molar-refractivity contribution in [2.24, 2.45) is 11.8 Å². The van der Waals surface area contributed by atoms with Gasteiger partial charge in [-0.3, -0.25) is 9.59 Å². The Morgan fingerprint density at radius 3 is 2.55 bits per heavy atom. The Balaban J connectivity index is 1.86. The summed E-state index contributed by atoms with van der Waals surface area (Å²) < 4.78 is 0. The highest BCUT2D eigenvalue weighted by Crippen LogP contribution is 2.30. The molecule has 4 atom stereocenters. The number of carbonyl (C=O) groups is 2. The predicted molar refractivity (Wildman–Crippen MR) is 74.2 cm³/mol. The molecule has 1 aromatic carbocycles. The summed E-state index contributed by atoms with van der Waals surface area (Å²) in [6.45, 7) is 3.48. The average molecular weight is 274 g/mol. The number of nitrogens with zero attached hydrogens (tertiary/aromatic N) is 1. The van der Waals surface area contributed by atoms with Gasteiger partial charge >= 0.3 is 0 Å². The number of amides is 1. The monoisotopic (exact) mass is 274 g/mol. The predicted octanol–water partition coefficient (Wildman–Crippen LogP) is 0.182. The highest BCUT2D eigenvalue weighted by atomic mass is 16.2. The van der Waals surface area contributed by atoms with Crippen molar-refractivity contribution in [3.05, 3.63) is 30.3 Å². The summed E-state index contributed by atoms with van der Waals surface area (Å²) in [4.78, 5) is 24.2. The Morgan fingerprint density at radius 2 is 1.90 bits per heavy atom. The molecular weight excluding hydrogens is 256 g/mol. The van der Waals surface area contributed by atoms with E-state index < -0.39 is 0 Å². The van der Waals surface area contributed by atoms with Crippen LogP contribution in [-0.2, 0) is 9.59 Å². The Hall–Kier alpha value is -1.76. The first-order chi connectivity index (χ1) is 9.59. The number of nitrogens with one attached hydrogen (secondary N) is 3. The van der Waals surface area contributed by atoms with E-state index in [4.69, 9.17) is 0 Å². The number of hydrogen-bond acceptors (Lipinski definition) is 5. The largest absolute Gasteiger partial charge is 0.298 e. The van der Waals surface area contributed by atoms with Crippen molar-refractivity contribution in [2.45, 2.75) is 26.1 Å². The van der Waals surface area contributed by atoms with E-state index in [9.17, 15) is 9.59 Å². The first kappa shape index (κ1) is 13.2. The van der Waals surface area contributed by atoms with Gasteiger partial charge in [0.05, 0.1) is 17.6 Å². The number of fused-ring (bicyclic) bond motifs is 1. The molecule has 20 heavy (non-hydrogen) atoms. The van der Waals surface area contributed by atoms with E-state index in [1.165, 1.54) is 6.92 Å². The number of benzene rings is 1. The lowest BCUT2D eigenvalue weighted by molar-refractivity contribution is -0.127. The molecule has 0 aliphatic carbocycles. The lowest BCUT2D eigenvalue weighted by Crippen LogP contribution is -2.64. The second-order valence-corrected chi connectivity index (χ2v) is 5.38. The zero-order chi connectivity index (χ0) is 14.3. The molecule has 0 saturated carbocycles. The zero-order valence-electron chi connectivity index (χ0n) is 11.5. The van der Waals surface area contributed by atoms with Crippen LogP contribution < -0.4 is 21.3 Å². The van der Waals surface area contributed by atoms with Gasteiger partial charge in [-0.1, -0.05) is 25.1 Å². The van der Waals surface area contributed by atoms with Gasteiger partial charge in [0.25, 0.3) is 0 Å². The van der Waals surface area contributed by atoms with Gasteiger partial charge in [-0.15, -0.1) is 0 Å². The quantitative estimate of drug-likeness (QED) is 0.717. The van der Waals surface area contributed by atoms with Crippen LogP contribution in [-0.4, -0.2) is 23.9 Å². The van der Waals surface area contributed by atoms with Gasteiger partial charge in [0.15, 0.2) is 0 Å². The van der Waals surface area contributed by atoms with Gasteiger partial charge in [-0.25, -0.2) is 21.3 Å². The van der Waals surface area contributed by atoms with E-state index in [0.717, 1.165) is 5.69 Å². The van der Waals surface area contributed by atoms with Crippen LogP contribution in [0.5, 0.6) is 0 Å². The maximum atomic E-state index is 12.6. The first-order valence-corrected chi connectivity index (χ1v) is 6.76. The fourth-order valence-corrected chi connectivity index (χ4v) is 2.99. The van der Waals surface area contributed by atoms with Crippen LogP contribution in [0.25, 0.3) is 0 Å². The Kier molecular flexibility index (Phi) is 3.29. The smallest absolute Gasteiger partial charge is 0.247 e. The highest BCUT2D eigenvalue weighted by molar-refractivity contribution is 5.97. The van der Waals surface area contributed by atoms with E-state index >= 15 is 0 Å². The molecule has 6 nitrogen and oxygen atoms in total. The van der Waals surface area contributed by atoms with E-state index in [2.05, 4.69) is 16.3 Å². The number of para-hydroxylation sites is 1. The minimum Gasteiger partial charge on any atom is -0.298 e. The number of hydrogen-bond donors (Lipinski definition) is 3. The van der Waals surface area contributed by atoms with Crippen LogP contribution in [0.4, 0.5) is 5.69 Å². The summed E-state index contributed by atoms with van der Waals surface area (Å²) >= 11 is 0. The zero-order valence-corrected chi connectivity index (χ0v) is 11.5. The fraction of sp³-hybridized carbons (Fsp3) is 0.429. The van der Waals surface area contributed by atoms with Gasteiger partial charge < -0.3 is 0 Å². The molecule has 0 radical (unpaired) electrons. The van der Waals surface area contributed by atoms with E-state index in [-0.39, 0.29) is 35.7 Å². The van der Waals surface area contributed by atoms with Crippen LogP contribution in [0.1, 0.15) is 13.8 Å². The van der Waals surface area contributed by atoms with Gasteiger partial charge in [0.1, 0.15) is 11.9 Å². The number of Topliss-reactive ketones (excluding diaryl/α,β-unsaturated/α-hetero) is 1. The van der Waals surface area contributed by atoms with Crippen molar-refractivity contribution in [1.82, 2.24) is 16.3 Å². The van der Waals surface area contributed by atoms with Gasteiger partial charge in [-0.2, -0.15) is 0 Å². The summed E-state index contributed by atoms with van der Waals surface area (Å²) in [5, 5.41) is 1.56.